The number of likely N-dealkylation sites (N-methyl/N-ethyl adjacent to an activating group) is 1. The SMILES string of the molecule is CCN(CCO)CCCCN(C)C(=O)Nc1snc(OCc2c(F)cc(Cl)cc2F)c1C(=O)O. The van der Waals surface area contributed by atoms with Crippen molar-refractivity contribution in [3.05, 3.63) is 39.9 Å². The van der Waals surface area contributed by atoms with Crippen LogP contribution in [0.1, 0.15) is 35.7 Å². The molecule has 0 fully saturated rings. The molecule has 34 heavy (non-hydrogen) atoms. The van der Waals surface area contributed by atoms with Crippen molar-refractivity contribution in [2.24, 2.45) is 0 Å². The first-order chi connectivity index (χ1) is 16.2. The molecule has 0 atom stereocenters. The van der Waals surface area contributed by atoms with Gasteiger partial charge in [-0.1, -0.05) is 18.5 Å². The van der Waals surface area contributed by atoms with Gasteiger partial charge >= 0.3 is 12.0 Å². The van der Waals surface area contributed by atoms with Gasteiger partial charge in [0, 0.05) is 25.2 Å². The normalized spacial score (nSPS) is 11.0. The van der Waals surface area contributed by atoms with Gasteiger partial charge in [-0.3, -0.25) is 5.32 Å². The van der Waals surface area contributed by atoms with E-state index in [0.29, 0.717) is 31.0 Å². The van der Waals surface area contributed by atoms with Crippen molar-refractivity contribution in [1.82, 2.24) is 14.2 Å². The maximum absolute atomic E-state index is 14.0. The van der Waals surface area contributed by atoms with Crippen molar-refractivity contribution >= 4 is 40.1 Å². The lowest BCUT2D eigenvalue weighted by molar-refractivity contribution is 0.0693. The molecule has 0 unspecified atom stereocenters. The molecule has 1 aromatic heterocycles. The number of anilines is 1. The molecule has 0 saturated heterocycles. The molecule has 0 aliphatic carbocycles. The number of halogens is 3. The molecule has 188 valence electrons. The fourth-order valence-corrected chi connectivity index (χ4v) is 3.96. The number of carbonyl (C=O) groups excluding carboxylic acids is 1. The number of nitrogens with zero attached hydrogens (tertiary/aromatic N) is 3. The third kappa shape index (κ3) is 7.76. The number of carboxylic acids is 1. The van der Waals surface area contributed by atoms with E-state index in [0.717, 1.165) is 31.6 Å². The van der Waals surface area contributed by atoms with Crippen molar-refractivity contribution in [3.63, 3.8) is 0 Å². The van der Waals surface area contributed by atoms with Gasteiger partial charge in [-0.2, -0.15) is 4.37 Å². The Bertz CT molecular complexity index is 971. The number of carboxylic acid groups (broad SMARTS) is 1. The number of amides is 2. The zero-order valence-corrected chi connectivity index (χ0v) is 20.4. The number of nitrogens with one attached hydrogen (secondary N) is 1. The Kier molecular flexibility index (Phi) is 10.9. The predicted octanol–water partition coefficient (Wildman–Crippen LogP) is 3.91. The zero-order chi connectivity index (χ0) is 25.3. The van der Waals surface area contributed by atoms with E-state index < -0.39 is 41.4 Å². The van der Waals surface area contributed by atoms with Gasteiger partial charge in [0.05, 0.1) is 12.2 Å². The van der Waals surface area contributed by atoms with Gasteiger partial charge < -0.3 is 24.7 Å². The molecule has 3 N–H and O–H groups in total. The zero-order valence-electron chi connectivity index (χ0n) is 18.8. The van der Waals surface area contributed by atoms with Gasteiger partial charge in [0.15, 0.2) is 5.56 Å². The van der Waals surface area contributed by atoms with E-state index in [4.69, 9.17) is 21.4 Å². The number of aromatic carboxylic acids is 1. The summed E-state index contributed by atoms with van der Waals surface area (Å²) in [5.74, 6) is -3.66. The minimum Gasteiger partial charge on any atom is -0.477 e. The van der Waals surface area contributed by atoms with E-state index >= 15 is 0 Å². The van der Waals surface area contributed by atoms with Gasteiger partial charge in [-0.15, -0.1) is 0 Å². The number of benzene rings is 1. The number of urea groups is 1. The molecule has 0 aliphatic rings. The van der Waals surface area contributed by atoms with Crippen LogP contribution >= 0.6 is 23.1 Å². The highest BCUT2D eigenvalue weighted by Crippen LogP contribution is 2.32. The van der Waals surface area contributed by atoms with Crippen LogP contribution in [0.2, 0.25) is 5.02 Å². The summed E-state index contributed by atoms with van der Waals surface area (Å²) in [7, 11) is 1.58. The highest BCUT2D eigenvalue weighted by Gasteiger charge is 2.25. The van der Waals surface area contributed by atoms with Crippen LogP contribution in [0.4, 0.5) is 18.6 Å². The molecule has 0 spiro atoms. The van der Waals surface area contributed by atoms with Gasteiger partial charge in [-0.05, 0) is 49.6 Å². The monoisotopic (exact) mass is 520 g/mol. The smallest absolute Gasteiger partial charge is 0.344 e. The Balaban J connectivity index is 1.97. The maximum atomic E-state index is 14.0. The van der Waals surface area contributed by atoms with Crippen molar-refractivity contribution < 1.29 is 33.3 Å². The molecule has 2 rings (SSSR count). The Morgan fingerprint density at radius 2 is 1.85 bits per heavy atom. The van der Waals surface area contributed by atoms with Gasteiger partial charge in [0.2, 0.25) is 5.88 Å². The highest BCUT2D eigenvalue weighted by molar-refractivity contribution is 7.11. The van der Waals surface area contributed by atoms with E-state index in [1.54, 1.807) is 7.05 Å². The number of aliphatic hydroxyl groups is 1. The highest BCUT2D eigenvalue weighted by atomic mass is 35.5. The molecular formula is C21H27ClF2N4O5S. The number of rotatable bonds is 13. The van der Waals surface area contributed by atoms with Crippen LogP contribution in [0.3, 0.4) is 0 Å². The van der Waals surface area contributed by atoms with E-state index in [1.165, 1.54) is 4.90 Å². The summed E-state index contributed by atoms with van der Waals surface area (Å²) in [6.07, 6.45) is 1.54. The Morgan fingerprint density at radius 1 is 1.21 bits per heavy atom. The molecule has 2 aromatic rings. The third-order valence-electron chi connectivity index (χ3n) is 4.98. The Morgan fingerprint density at radius 3 is 2.44 bits per heavy atom. The Labute approximate surface area is 205 Å². The molecule has 9 nitrogen and oxygen atoms in total. The van der Waals surface area contributed by atoms with Gasteiger partial charge in [-0.25, -0.2) is 18.4 Å². The minimum atomic E-state index is -1.41. The van der Waals surface area contributed by atoms with Crippen LogP contribution in [-0.4, -0.2) is 76.2 Å². The summed E-state index contributed by atoms with van der Waals surface area (Å²) >= 11 is 6.28. The van der Waals surface area contributed by atoms with Gasteiger partial charge in [0.1, 0.15) is 23.2 Å². The van der Waals surface area contributed by atoms with Crippen molar-refractivity contribution in [2.75, 3.05) is 45.2 Å². The molecule has 1 aromatic carbocycles. The molecule has 0 aliphatic heterocycles. The number of aliphatic hydroxyl groups excluding tert-OH is 1. The second kappa shape index (κ2) is 13.4. The lowest BCUT2D eigenvalue weighted by Crippen LogP contribution is -2.33. The summed E-state index contributed by atoms with van der Waals surface area (Å²) < 4.78 is 37.0. The van der Waals surface area contributed by atoms with Crippen LogP contribution in [0, 0.1) is 11.6 Å². The van der Waals surface area contributed by atoms with Crippen molar-refractivity contribution in [2.45, 2.75) is 26.4 Å². The van der Waals surface area contributed by atoms with Crippen LogP contribution in [0.5, 0.6) is 5.88 Å². The lowest BCUT2D eigenvalue weighted by atomic mass is 10.2. The quantitative estimate of drug-likeness (QED) is 0.343. The summed E-state index contributed by atoms with van der Waals surface area (Å²) in [6.45, 7) is 4.12. The lowest BCUT2D eigenvalue weighted by Gasteiger charge is -2.21. The number of ether oxygens (including phenoxy) is 1. The number of hydrogen-bond acceptors (Lipinski definition) is 7. The van der Waals surface area contributed by atoms with Crippen LogP contribution < -0.4 is 10.1 Å². The average Bonchev–Trinajstić information content (AvgIpc) is 3.17. The molecule has 1 heterocycles. The average molecular weight is 521 g/mol. The molecule has 0 radical (unpaired) electrons. The molecule has 2 amide bonds. The summed E-state index contributed by atoms with van der Waals surface area (Å²) in [5.41, 5.74) is -0.844. The molecular weight excluding hydrogens is 494 g/mol. The number of aromatic nitrogens is 1. The van der Waals surface area contributed by atoms with E-state index in [-0.39, 0.29) is 22.5 Å². The molecule has 0 bridgehead atoms. The fourth-order valence-electron chi connectivity index (χ4n) is 3.05. The largest absolute Gasteiger partial charge is 0.477 e. The predicted molar refractivity (Wildman–Crippen MR) is 125 cm³/mol. The number of unbranched alkanes of at least 4 members (excludes halogenated alkanes) is 1. The summed E-state index contributed by atoms with van der Waals surface area (Å²) in [5, 5.41) is 20.9. The topological polar surface area (TPSA) is 115 Å². The number of carbonyl (C=O) groups is 2. The standard InChI is InChI=1S/C21H27ClF2N4O5S/c1-3-28(8-9-29)7-5-4-6-27(2)21(32)25-19-17(20(30)31)18(26-34-19)33-12-14-15(23)10-13(22)11-16(14)24/h10-11,29H,3-9,12H2,1-2H3,(H,25,32)(H,30,31). The second-order valence-corrected chi connectivity index (χ2v) is 8.56. The molecule has 0 saturated carbocycles. The van der Waals surface area contributed by atoms with Crippen LogP contribution in [0.25, 0.3) is 0 Å². The first-order valence-corrected chi connectivity index (χ1v) is 11.7. The van der Waals surface area contributed by atoms with Crippen LogP contribution in [-0.2, 0) is 6.61 Å². The van der Waals surface area contributed by atoms with Crippen molar-refractivity contribution in [1.29, 1.82) is 0 Å². The van der Waals surface area contributed by atoms with Crippen LogP contribution in [0.15, 0.2) is 12.1 Å². The first-order valence-electron chi connectivity index (χ1n) is 10.5. The third-order valence-corrected chi connectivity index (χ3v) is 5.95. The summed E-state index contributed by atoms with van der Waals surface area (Å²) in [6, 6.07) is 1.29. The molecule has 13 heteroatoms. The van der Waals surface area contributed by atoms with E-state index in [2.05, 4.69) is 14.6 Å². The van der Waals surface area contributed by atoms with E-state index in [9.17, 15) is 23.5 Å². The van der Waals surface area contributed by atoms with Crippen molar-refractivity contribution in [3.8, 4) is 5.88 Å². The maximum Gasteiger partial charge on any atom is 0.344 e. The second-order valence-electron chi connectivity index (χ2n) is 7.35. The number of hydrogen-bond donors (Lipinski definition) is 3. The minimum absolute atomic E-state index is 0.0588. The van der Waals surface area contributed by atoms with E-state index in [1.807, 2.05) is 6.92 Å². The first kappa shape index (κ1) is 27.7. The van der Waals surface area contributed by atoms with Gasteiger partial charge in [0.25, 0.3) is 0 Å². The Hall–Kier alpha value is -2.54. The summed E-state index contributed by atoms with van der Waals surface area (Å²) in [4.78, 5) is 27.7. The fraction of sp³-hybridized carbons (Fsp3) is 0.476.